The summed E-state index contributed by atoms with van der Waals surface area (Å²) in [5, 5.41) is 3.02. The van der Waals surface area contributed by atoms with Crippen molar-refractivity contribution in [2.24, 2.45) is 5.92 Å². The number of fused-ring (bicyclic) bond motifs is 1. The molecule has 0 radical (unpaired) electrons. The summed E-state index contributed by atoms with van der Waals surface area (Å²) < 4.78 is 2.16. The van der Waals surface area contributed by atoms with Crippen LogP contribution in [0.1, 0.15) is 25.1 Å². The van der Waals surface area contributed by atoms with Crippen molar-refractivity contribution in [1.29, 1.82) is 0 Å². The van der Waals surface area contributed by atoms with Gasteiger partial charge in [0, 0.05) is 19.5 Å². The zero-order valence-corrected chi connectivity index (χ0v) is 12.4. The smallest absolute Gasteiger partial charge is 0.220 e. The van der Waals surface area contributed by atoms with E-state index < -0.39 is 0 Å². The summed E-state index contributed by atoms with van der Waals surface area (Å²) >= 11 is 0. The molecule has 1 heterocycles. The molecule has 1 aliphatic carbocycles. The van der Waals surface area contributed by atoms with Gasteiger partial charge in [0.05, 0.1) is 11.0 Å². The van der Waals surface area contributed by atoms with Crippen LogP contribution in [0.15, 0.2) is 36.4 Å². The van der Waals surface area contributed by atoms with E-state index in [4.69, 9.17) is 0 Å². The molecule has 1 N–H and O–H groups in total. The maximum absolute atomic E-state index is 11.9. The highest BCUT2D eigenvalue weighted by molar-refractivity contribution is 5.77. The van der Waals surface area contributed by atoms with Crippen molar-refractivity contribution in [2.75, 3.05) is 6.54 Å². The topological polar surface area (TPSA) is 46.9 Å². The number of carbonyl (C=O) groups excluding carboxylic acids is 1. The van der Waals surface area contributed by atoms with Crippen molar-refractivity contribution in [1.82, 2.24) is 14.9 Å². The predicted molar refractivity (Wildman–Crippen MR) is 84.0 cm³/mol. The summed E-state index contributed by atoms with van der Waals surface area (Å²) in [7, 11) is 0. The lowest BCUT2D eigenvalue weighted by molar-refractivity contribution is -0.121. The molecular weight excluding hydrogens is 262 g/mol. The van der Waals surface area contributed by atoms with Gasteiger partial charge in [0.25, 0.3) is 0 Å². The van der Waals surface area contributed by atoms with Crippen LogP contribution in [0.5, 0.6) is 0 Å². The molecule has 2 aromatic rings. The molecule has 1 aliphatic rings. The molecular formula is C17H21N3O. The lowest BCUT2D eigenvalue weighted by Crippen LogP contribution is -2.28. The Labute approximate surface area is 124 Å². The van der Waals surface area contributed by atoms with Gasteiger partial charge in [0.2, 0.25) is 5.91 Å². The highest BCUT2D eigenvalue weighted by Crippen LogP contribution is 2.20. The van der Waals surface area contributed by atoms with Crippen LogP contribution in [0.4, 0.5) is 0 Å². The summed E-state index contributed by atoms with van der Waals surface area (Å²) in [6.45, 7) is 3.42. The minimum absolute atomic E-state index is 0.147. The van der Waals surface area contributed by atoms with Crippen molar-refractivity contribution in [2.45, 2.75) is 32.7 Å². The van der Waals surface area contributed by atoms with Crippen LogP contribution in [0.2, 0.25) is 0 Å². The molecule has 0 fully saturated rings. The Morgan fingerprint density at radius 2 is 2.29 bits per heavy atom. The summed E-state index contributed by atoms with van der Waals surface area (Å²) in [6, 6.07) is 8.10. The Kier molecular flexibility index (Phi) is 4.04. The molecule has 0 unspecified atom stereocenters. The van der Waals surface area contributed by atoms with Gasteiger partial charge >= 0.3 is 0 Å². The minimum Gasteiger partial charge on any atom is -0.354 e. The molecule has 0 bridgehead atoms. The van der Waals surface area contributed by atoms with E-state index in [1.54, 1.807) is 0 Å². The molecule has 0 aliphatic heterocycles. The largest absolute Gasteiger partial charge is 0.354 e. The van der Waals surface area contributed by atoms with Gasteiger partial charge < -0.3 is 9.88 Å². The second-order valence-electron chi connectivity index (χ2n) is 5.62. The lowest BCUT2D eigenvalue weighted by Gasteiger charge is -2.10. The summed E-state index contributed by atoms with van der Waals surface area (Å²) in [6.07, 6.45) is 7.16. The Hall–Kier alpha value is -2.10. The highest BCUT2D eigenvalue weighted by atomic mass is 16.1. The first-order chi connectivity index (χ1) is 10.2. The van der Waals surface area contributed by atoms with Crippen molar-refractivity contribution in [3.05, 3.63) is 42.2 Å². The molecule has 0 spiro atoms. The third kappa shape index (κ3) is 3.15. The second-order valence-corrected chi connectivity index (χ2v) is 5.62. The average Bonchev–Trinajstić information content (AvgIpc) is 3.07. The fourth-order valence-corrected chi connectivity index (χ4v) is 2.96. The molecule has 110 valence electrons. The van der Waals surface area contributed by atoms with Gasteiger partial charge in [0.1, 0.15) is 5.82 Å². The summed E-state index contributed by atoms with van der Waals surface area (Å²) in [5.41, 5.74) is 2.14. The molecule has 1 aromatic carbocycles. The van der Waals surface area contributed by atoms with Gasteiger partial charge in [-0.3, -0.25) is 4.79 Å². The molecule has 1 atom stereocenters. The Bertz CT molecular complexity index is 672. The normalized spacial score (nSPS) is 17.5. The van der Waals surface area contributed by atoms with Crippen molar-refractivity contribution < 1.29 is 4.79 Å². The van der Waals surface area contributed by atoms with Crippen LogP contribution in [0.3, 0.4) is 0 Å². The SMILES string of the molecule is Cc1nc2ccccc2n1CCNC(=O)C[C@H]1C=CCC1. The summed E-state index contributed by atoms with van der Waals surface area (Å²) in [4.78, 5) is 16.4. The molecule has 21 heavy (non-hydrogen) atoms. The monoisotopic (exact) mass is 283 g/mol. The van der Waals surface area contributed by atoms with E-state index in [1.807, 2.05) is 25.1 Å². The highest BCUT2D eigenvalue weighted by Gasteiger charge is 2.13. The summed E-state index contributed by atoms with van der Waals surface area (Å²) in [5.74, 6) is 1.57. The van der Waals surface area contributed by atoms with Crippen molar-refractivity contribution in [3.63, 3.8) is 0 Å². The van der Waals surface area contributed by atoms with E-state index in [0.29, 0.717) is 18.9 Å². The quantitative estimate of drug-likeness (QED) is 0.858. The zero-order chi connectivity index (χ0) is 14.7. The van der Waals surface area contributed by atoms with Gasteiger partial charge in [-0.1, -0.05) is 24.3 Å². The molecule has 0 saturated carbocycles. The first-order valence-corrected chi connectivity index (χ1v) is 7.59. The Morgan fingerprint density at radius 3 is 3.10 bits per heavy atom. The van der Waals surface area contributed by atoms with Crippen LogP contribution in [-0.2, 0) is 11.3 Å². The maximum Gasteiger partial charge on any atom is 0.220 e. The van der Waals surface area contributed by atoms with E-state index in [-0.39, 0.29) is 5.91 Å². The fraction of sp³-hybridized carbons (Fsp3) is 0.412. The first-order valence-electron chi connectivity index (χ1n) is 7.59. The van der Waals surface area contributed by atoms with E-state index in [1.165, 1.54) is 0 Å². The minimum atomic E-state index is 0.147. The van der Waals surface area contributed by atoms with E-state index in [0.717, 1.165) is 36.2 Å². The maximum atomic E-state index is 11.9. The lowest BCUT2D eigenvalue weighted by atomic mass is 10.1. The van der Waals surface area contributed by atoms with Gasteiger partial charge in [0.15, 0.2) is 0 Å². The average molecular weight is 283 g/mol. The number of benzene rings is 1. The number of nitrogens with zero attached hydrogens (tertiary/aromatic N) is 2. The fourth-order valence-electron chi connectivity index (χ4n) is 2.96. The third-order valence-corrected chi connectivity index (χ3v) is 4.06. The number of amides is 1. The van der Waals surface area contributed by atoms with Crippen LogP contribution >= 0.6 is 0 Å². The van der Waals surface area contributed by atoms with Crippen molar-refractivity contribution in [3.8, 4) is 0 Å². The number of aromatic nitrogens is 2. The van der Waals surface area contributed by atoms with Crippen LogP contribution in [0.25, 0.3) is 11.0 Å². The molecule has 0 saturated heterocycles. The molecule has 4 nitrogen and oxygen atoms in total. The van der Waals surface area contributed by atoms with E-state index >= 15 is 0 Å². The standard InChI is InChI=1S/C17H21N3O/c1-13-19-15-8-4-5-9-16(15)20(13)11-10-18-17(21)12-14-6-2-3-7-14/h2,4-6,8-9,14H,3,7,10-12H2,1H3,(H,18,21)/t14-/m0/s1. The molecule has 1 aromatic heterocycles. The number of hydrogen-bond donors (Lipinski definition) is 1. The van der Waals surface area contributed by atoms with Crippen LogP contribution < -0.4 is 5.32 Å². The van der Waals surface area contributed by atoms with Gasteiger partial charge in [-0.05, 0) is 37.8 Å². The zero-order valence-electron chi connectivity index (χ0n) is 12.4. The van der Waals surface area contributed by atoms with E-state index in [9.17, 15) is 4.79 Å². The predicted octanol–water partition coefficient (Wildman–Crippen LogP) is 2.82. The van der Waals surface area contributed by atoms with Gasteiger partial charge in [-0.2, -0.15) is 0 Å². The van der Waals surface area contributed by atoms with Crippen LogP contribution in [0, 0.1) is 12.8 Å². The number of rotatable bonds is 5. The number of aryl methyl sites for hydroxylation is 1. The number of carbonyl (C=O) groups is 1. The molecule has 4 heteroatoms. The van der Waals surface area contributed by atoms with Crippen LogP contribution in [-0.4, -0.2) is 22.0 Å². The third-order valence-electron chi connectivity index (χ3n) is 4.06. The molecule has 1 amide bonds. The number of hydrogen-bond acceptors (Lipinski definition) is 2. The number of allylic oxidation sites excluding steroid dienone is 2. The van der Waals surface area contributed by atoms with Gasteiger partial charge in [-0.15, -0.1) is 0 Å². The van der Waals surface area contributed by atoms with Gasteiger partial charge in [-0.25, -0.2) is 4.98 Å². The number of para-hydroxylation sites is 2. The molecule has 3 rings (SSSR count). The first kappa shape index (κ1) is 13.9. The van der Waals surface area contributed by atoms with Crippen molar-refractivity contribution >= 4 is 16.9 Å². The second kappa shape index (κ2) is 6.12. The number of imidazole rings is 1. The number of nitrogens with one attached hydrogen (secondary N) is 1. The Morgan fingerprint density at radius 1 is 1.43 bits per heavy atom. The van der Waals surface area contributed by atoms with E-state index in [2.05, 4.69) is 33.1 Å². The Balaban J connectivity index is 1.55.